The number of nitrogen functional groups attached to an aromatic ring is 1. The summed E-state index contributed by atoms with van der Waals surface area (Å²) in [5, 5.41) is 9.06. The molecule has 1 aliphatic rings. The highest BCUT2D eigenvalue weighted by Gasteiger charge is 2.33. The van der Waals surface area contributed by atoms with Crippen LogP contribution in [0.5, 0.6) is 0 Å². The van der Waals surface area contributed by atoms with Crippen molar-refractivity contribution in [3.63, 3.8) is 0 Å². The van der Waals surface area contributed by atoms with E-state index in [4.69, 9.17) is 10.9 Å². The Morgan fingerprint density at radius 2 is 1.84 bits per heavy atom. The predicted molar refractivity (Wildman–Crippen MR) is 70.2 cm³/mol. The molecule has 7 nitrogen and oxygen atoms in total. The van der Waals surface area contributed by atoms with Gasteiger partial charge in [0.25, 0.3) is 0 Å². The van der Waals surface area contributed by atoms with Crippen LogP contribution in [0.15, 0.2) is 18.2 Å². The fraction of sp³-hybridized carbons (Fsp3) is 0.182. The largest absolute Gasteiger partial charge is 0.478 e. The van der Waals surface area contributed by atoms with Crippen LogP contribution in [0, 0.1) is 0 Å². The number of hydrogen-bond acceptors (Lipinski definition) is 5. The second-order valence-corrected chi connectivity index (χ2v) is 3.80. The molecule has 0 unspecified atom stereocenters. The number of imide groups is 1. The molecule has 0 atom stereocenters. The predicted octanol–water partition coefficient (Wildman–Crippen LogP) is 0.746. The summed E-state index contributed by atoms with van der Waals surface area (Å²) >= 11 is 0. The number of rotatable bonds is 3. The maximum absolute atomic E-state index is 11.6. The van der Waals surface area contributed by atoms with Crippen molar-refractivity contribution in [3.05, 3.63) is 23.8 Å². The number of anilines is 2. The van der Waals surface area contributed by atoms with Gasteiger partial charge >= 0.3 is 5.97 Å². The Kier molecular flexibility index (Phi) is 4.47. The topological polar surface area (TPSA) is 113 Å². The van der Waals surface area contributed by atoms with Gasteiger partial charge in [-0.05, 0) is 18.2 Å². The molecule has 1 heterocycles. The van der Waals surface area contributed by atoms with Gasteiger partial charge in [-0.2, -0.15) is 0 Å². The summed E-state index contributed by atoms with van der Waals surface area (Å²) in [4.78, 5) is 35.2. The Bertz CT molecular complexity index is 531. The zero-order chi connectivity index (χ0) is 13.3. The van der Waals surface area contributed by atoms with E-state index in [2.05, 4.69) is 5.43 Å². The van der Waals surface area contributed by atoms with Crippen molar-refractivity contribution in [3.8, 4) is 0 Å². The van der Waals surface area contributed by atoms with E-state index in [1.165, 1.54) is 18.2 Å². The van der Waals surface area contributed by atoms with Gasteiger partial charge in [-0.25, -0.2) is 9.69 Å². The van der Waals surface area contributed by atoms with E-state index in [0.717, 1.165) is 4.90 Å². The number of carboxylic acids is 1. The number of carbonyl (C=O) groups excluding carboxylic acids is 2. The lowest BCUT2D eigenvalue weighted by molar-refractivity contribution is -0.121. The average molecular weight is 286 g/mol. The summed E-state index contributed by atoms with van der Waals surface area (Å²) in [6, 6.07) is 4.12. The van der Waals surface area contributed by atoms with Crippen LogP contribution in [-0.2, 0) is 9.59 Å². The Morgan fingerprint density at radius 1 is 1.26 bits per heavy atom. The number of nitrogens with two attached hydrogens (primary N) is 1. The van der Waals surface area contributed by atoms with Gasteiger partial charge in [0.15, 0.2) is 0 Å². The number of hydrogen-bond donors (Lipinski definition) is 3. The van der Waals surface area contributed by atoms with Gasteiger partial charge in [-0.15, -0.1) is 12.4 Å². The van der Waals surface area contributed by atoms with Crippen molar-refractivity contribution >= 4 is 41.6 Å². The van der Waals surface area contributed by atoms with Crippen LogP contribution in [0.25, 0.3) is 0 Å². The third kappa shape index (κ3) is 2.67. The maximum Gasteiger partial charge on any atom is 0.337 e. The summed E-state index contributed by atoms with van der Waals surface area (Å²) < 4.78 is 0. The van der Waals surface area contributed by atoms with Crippen LogP contribution >= 0.6 is 12.4 Å². The summed E-state index contributed by atoms with van der Waals surface area (Å²) in [5.74, 6) is 3.21. The number of hydrazine groups is 1. The number of carboxylic acid groups (broad SMARTS) is 1. The average Bonchev–Trinajstić information content (AvgIpc) is 2.68. The van der Waals surface area contributed by atoms with Gasteiger partial charge in [0, 0.05) is 12.8 Å². The summed E-state index contributed by atoms with van der Waals surface area (Å²) in [5.41, 5.74) is 2.70. The zero-order valence-corrected chi connectivity index (χ0v) is 10.6. The standard InChI is InChI=1S/C11H11N3O4.ClH/c12-13-6-1-2-7(11(17)18)8(5-6)14-9(15)3-4-10(14)16;/h1-2,5,13H,3-4,12H2,(H,17,18);1H. The number of benzene rings is 1. The molecule has 0 aliphatic carbocycles. The molecule has 19 heavy (non-hydrogen) atoms. The van der Waals surface area contributed by atoms with Crippen LogP contribution in [0.3, 0.4) is 0 Å². The number of nitrogens with zero attached hydrogens (tertiary/aromatic N) is 1. The minimum Gasteiger partial charge on any atom is -0.478 e. The molecule has 1 saturated heterocycles. The van der Waals surface area contributed by atoms with Crippen LogP contribution < -0.4 is 16.2 Å². The SMILES string of the molecule is Cl.NNc1ccc(C(=O)O)c(N2C(=O)CCC2=O)c1. The molecule has 8 heteroatoms. The van der Waals surface area contributed by atoms with Gasteiger partial charge in [-0.3, -0.25) is 15.4 Å². The number of carbonyl (C=O) groups is 3. The Hall–Kier alpha value is -2.12. The van der Waals surface area contributed by atoms with Crippen LogP contribution in [0.2, 0.25) is 0 Å². The number of amides is 2. The van der Waals surface area contributed by atoms with E-state index in [0.29, 0.717) is 5.69 Å². The number of nitrogens with one attached hydrogen (secondary N) is 1. The highest BCUT2D eigenvalue weighted by Crippen LogP contribution is 2.29. The molecule has 0 bridgehead atoms. The third-order valence-corrected chi connectivity index (χ3v) is 2.69. The smallest absolute Gasteiger partial charge is 0.337 e. The van der Waals surface area contributed by atoms with E-state index in [1.54, 1.807) is 0 Å². The van der Waals surface area contributed by atoms with Crippen molar-refractivity contribution in [2.45, 2.75) is 12.8 Å². The summed E-state index contributed by atoms with van der Waals surface area (Å²) in [7, 11) is 0. The van der Waals surface area contributed by atoms with E-state index in [1.807, 2.05) is 0 Å². The van der Waals surface area contributed by atoms with Gasteiger partial charge in [-0.1, -0.05) is 0 Å². The fourth-order valence-electron chi connectivity index (χ4n) is 1.83. The quantitative estimate of drug-likeness (QED) is 0.429. The Labute approximate surface area is 114 Å². The molecule has 0 saturated carbocycles. The van der Waals surface area contributed by atoms with Crippen molar-refractivity contribution in [2.75, 3.05) is 10.3 Å². The molecule has 1 aromatic carbocycles. The van der Waals surface area contributed by atoms with E-state index >= 15 is 0 Å². The zero-order valence-electron chi connectivity index (χ0n) is 9.75. The van der Waals surface area contributed by atoms with Crippen molar-refractivity contribution in [1.82, 2.24) is 0 Å². The molecular formula is C11H12ClN3O4. The van der Waals surface area contributed by atoms with Gasteiger partial charge in [0.05, 0.1) is 16.9 Å². The second kappa shape index (κ2) is 5.68. The first kappa shape index (κ1) is 14.9. The van der Waals surface area contributed by atoms with E-state index < -0.39 is 17.8 Å². The van der Waals surface area contributed by atoms with Crippen molar-refractivity contribution < 1.29 is 19.5 Å². The summed E-state index contributed by atoms with van der Waals surface area (Å²) in [6.45, 7) is 0. The molecule has 1 aromatic rings. The Morgan fingerprint density at radius 3 is 2.32 bits per heavy atom. The molecule has 102 valence electrons. The lowest BCUT2D eigenvalue weighted by Crippen LogP contribution is -2.30. The molecule has 4 N–H and O–H groups in total. The van der Waals surface area contributed by atoms with Gasteiger partial charge in [0.1, 0.15) is 0 Å². The van der Waals surface area contributed by atoms with Crippen LogP contribution in [-0.4, -0.2) is 22.9 Å². The minimum absolute atomic E-state index is 0. The number of halogens is 1. The molecule has 1 aliphatic heterocycles. The number of aromatic carboxylic acids is 1. The molecule has 2 rings (SSSR count). The first-order valence-electron chi connectivity index (χ1n) is 5.24. The van der Waals surface area contributed by atoms with Crippen LogP contribution in [0.4, 0.5) is 11.4 Å². The lowest BCUT2D eigenvalue weighted by atomic mass is 10.1. The normalized spacial score (nSPS) is 14.3. The molecule has 1 fully saturated rings. The molecule has 2 amide bonds. The van der Waals surface area contributed by atoms with Gasteiger partial charge in [0.2, 0.25) is 11.8 Å². The van der Waals surface area contributed by atoms with Crippen molar-refractivity contribution in [2.24, 2.45) is 5.84 Å². The molecule has 0 aromatic heterocycles. The second-order valence-electron chi connectivity index (χ2n) is 3.80. The monoisotopic (exact) mass is 285 g/mol. The summed E-state index contributed by atoms with van der Waals surface area (Å²) in [6.07, 6.45) is 0.191. The lowest BCUT2D eigenvalue weighted by Gasteiger charge is -2.17. The minimum atomic E-state index is -1.21. The highest BCUT2D eigenvalue weighted by molar-refractivity contribution is 6.22. The van der Waals surface area contributed by atoms with Gasteiger partial charge < -0.3 is 10.5 Å². The molecule has 0 radical (unpaired) electrons. The first-order valence-corrected chi connectivity index (χ1v) is 5.24. The van der Waals surface area contributed by atoms with E-state index in [-0.39, 0.29) is 36.5 Å². The third-order valence-electron chi connectivity index (χ3n) is 2.69. The van der Waals surface area contributed by atoms with Crippen LogP contribution in [0.1, 0.15) is 23.2 Å². The first-order chi connectivity index (χ1) is 8.54. The highest BCUT2D eigenvalue weighted by atomic mass is 35.5. The van der Waals surface area contributed by atoms with E-state index in [9.17, 15) is 14.4 Å². The molecular weight excluding hydrogens is 274 g/mol. The molecule has 0 spiro atoms. The van der Waals surface area contributed by atoms with Crippen molar-refractivity contribution in [1.29, 1.82) is 0 Å². The fourth-order valence-corrected chi connectivity index (χ4v) is 1.83. The Balaban J connectivity index is 0.00000180. The maximum atomic E-state index is 11.6.